The van der Waals surface area contributed by atoms with Crippen molar-refractivity contribution in [2.45, 2.75) is 343 Å². The van der Waals surface area contributed by atoms with E-state index in [1.165, 1.54) is 142 Å². The first-order valence-electron chi connectivity index (χ1n) is 37.5. The average molecular weight is 1320 g/mol. The summed E-state index contributed by atoms with van der Waals surface area (Å²) in [6.07, 6.45) is 40.1. The van der Waals surface area contributed by atoms with Crippen molar-refractivity contribution in [3.8, 4) is 0 Å². The molecule has 7 N–H and O–H groups in total. The Balaban J connectivity index is -0.000000122. The second kappa shape index (κ2) is 109. The molecule has 0 bridgehead atoms. The molecule has 0 spiro atoms. The van der Waals surface area contributed by atoms with E-state index in [4.69, 9.17) is 18.9 Å². The normalized spacial score (nSPS) is 9.63. The Hall–Kier alpha value is -3.87. The topological polar surface area (TPSA) is 241 Å². The van der Waals surface area contributed by atoms with Crippen LogP contribution in [0.25, 0.3) is 0 Å². The summed E-state index contributed by atoms with van der Waals surface area (Å²) in [7, 11) is 0. The second-order valence-corrected chi connectivity index (χ2v) is 22.4. The fourth-order valence-electron chi connectivity index (χ4n) is 7.01. The van der Waals surface area contributed by atoms with Gasteiger partial charge in [-0.25, -0.2) is 0 Å². The Morgan fingerprint density at radius 3 is 0.609 bits per heavy atom. The average Bonchev–Trinajstić information content (AvgIpc) is 3.58. The third kappa shape index (κ3) is 147. The van der Waals surface area contributed by atoms with E-state index in [0.717, 1.165) is 123 Å². The molecule has 556 valence electrons. The van der Waals surface area contributed by atoms with Crippen molar-refractivity contribution in [2.24, 2.45) is 0 Å². The van der Waals surface area contributed by atoms with Gasteiger partial charge in [-0.05, 0) is 57.8 Å². The maximum atomic E-state index is 10.7. The van der Waals surface area contributed by atoms with E-state index in [-0.39, 0.29) is 41.4 Å². The molecule has 18 nitrogen and oxygen atoms in total. The van der Waals surface area contributed by atoms with Gasteiger partial charge in [-0.3, -0.25) is 33.6 Å². The lowest BCUT2D eigenvalue weighted by atomic mass is 10.1. The highest BCUT2D eigenvalue weighted by Crippen LogP contribution is 2.10. The summed E-state index contributed by atoms with van der Waals surface area (Å²) >= 11 is 0. The molecule has 0 unspecified atom stereocenters. The van der Waals surface area contributed by atoms with Gasteiger partial charge in [0.1, 0.15) is 0 Å². The van der Waals surface area contributed by atoms with Crippen LogP contribution in [0.2, 0.25) is 0 Å². The van der Waals surface area contributed by atoms with Gasteiger partial charge in [-0.15, -0.1) is 0 Å². The SMILES string of the molecule is CCCCCCC.CCCCCCCCCCCCNC(C)=O.CCCCCCNC(=O)CC.CCCCCCNC(=O)CC.CCCCNC(C)=O.CCCOCCC.CCCOCCNC(=O)CC.CCCOCCNC(=O)CC.CCCOCCNC(C)=O. The summed E-state index contributed by atoms with van der Waals surface area (Å²) in [6, 6.07) is 0. The lowest BCUT2D eigenvalue weighted by molar-refractivity contribution is -0.121. The Bertz CT molecular complexity index is 1290. The largest absolute Gasteiger partial charge is 0.381 e. The molecule has 0 saturated carbocycles. The first-order chi connectivity index (χ1) is 44.4. The van der Waals surface area contributed by atoms with Crippen LogP contribution in [0.1, 0.15) is 343 Å². The van der Waals surface area contributed by atoms with Crippen molar-refractivity contribution >= 4 is 41.4 Å². The van der Waals surface area contributed by atoms with Gasteiger partial charge >= 0.3 is 0 Å². The molecule has 0 aliphatic carbocycles. The highest BCUT2D eigenvalue weighted by Gasteiger charge is 1.98. The van der Waals surface area contributed by atoms with E-state index in [2.05, 4.69) is 113 Å². The van der Waals surface area contributed by atoms with Crippen LogP contribution in [-0.4, -0.2) is 140 Å². The number of amides is 7. The zero-order chi connectivity index (χ0) is 71.5. The van der Waals surface area contributed by atoms with Crippen molar-refractivity contribution < 1.29 is 52.5 Å². The predicted molar refractivity (Wildman–Crippen MR) is 393 cm³/mol. The van der Waals surface area contributed by atoms with Crippen LogP contribution in [0.3, 0.4) is 0 Å². The molecule has 92 heavy (non-hydrogen) atoms. The molecule has 0 aromatic carbocycles. The van der Waals surface area contributed by atoms with Gasteiger partial charge in [0, 0.05) is 125 Å². The minimum Gasteiger partial charge on any atom is -0.381 e. The molecule has 0 heterocycles. The Kier molecular flexibility index (Phi) is 126. The molecule has 0 radical (unpaired) electrons. The third-order valence-corrected chi connectivity index (χ3v) is 12.5. The molecule has 18 heteroatoms. The van der Waals surface area contributed by atoms with E-state index in [0.29, 0.717) is 65.1 Å². The van der Waals surface area contributed by atoms with Crippen LogP contribution in [0.5, 0.6) is 0 Å². The smallest absolute Gasteiger partial charge is 0.219 e. The van der Waals surface area contributed by atoms with E-state index >= 15 is 0 Å². The summed E-state index contributed by atoms with van der Waals surface area (Å²) in [5, 5.41) is 19.3. The lowest BCUT2D eigenvalue weighted by Gasteiger charge is -2.03. The molecule has 0 aliphatic rings. The quantitative estimate of drug-likeness (QED) is 0.0283. The highest BCUT2D eigenvalue weighted by molar-refractivity contribution is 5.76. The van der Waals surface area contributed by atoms with E-state index in [1.807, 2.05) is 27.7 Å². The molecule has 0 aromatic heterocycles. The fraction of sp³-hybridized carbons (Fsp3) is 0.905. The molecule has 0 fully saturated rings. The molecular weight excluding hydrogens is 1160 g/mol. The van der Waals surface area contributed by atoms with Crippen molar-refractivity contribution in [1.29, 1.82) is 0 Å². The van der Waals surface area contributed by atoms with Gasteiger partial charge in [0.05, 0.1) is 19.8 Å². The summed E-state index contributed by atoms with van der Waals surface area (Å²) in [5.41, 5.74) is 0. The summed E-state index contributed by atoms with van der Waals surface area (Å²) in [5.74, 6) is 0.674. The van der Waals surface area contributed by atoms with E-state index in [1.54, 1.807) is 6.92 Å². The minimum absolute atomic E-state index is 0.0000912. The minimum atomic E-state index is 0.0000912. The Labute approximate surface area is 570 Å². The molecule has 0 atom stereocenters. The fourth-order valence-corrected chi connectivity index (χ4v) is 7.01. The Morgan fingerprint density at radius 2 is 0.370 bits per heavy atom. The number of unbranched alkanes of at least 4 members (excludes halogenated alkanes) is 20. The van der Waals surface area contributed by atoms with Gasteiger partial charge in [0.25, 0.3) is 0 Å². The highest BCUT2D eigenvalue weighted by atomic mass is 16.5. The van der Waals surface area contributed by atoms with Crippen LogP contribution >= 0.6 is 0 Å². The summed E-state index contributed by atoms with van der Waals surface area (Å²) < 4.78 is 20.6. The van der Waals surface area contributed by atoms with Crippen molar-refractivity contribution in [2.75, 3.05) is 98.7 Å². The van der Waals surface area contributed by atoms with Crippen LogP contribution < -0.4 is 37.2 Å². The second-order valence-electron chi connectivity index (χ2n) is 22.4. The molecule has 0 aliphatic heterocycles. The number of ether oxygens (including phenoxy) is 4. The molecule has 0 rings (SSSR count). The van der Waals surface area contributed by atoms with Gasteiger partial charge in [-0.1, -0.05) is 239 Å². The van der Waals surface area contributed by atoms with Crippen LogP contribution in [0.15, 0.2) is 0 Å². The number of rotatable bonds is 51. The van der Waals surface area contributed by atoms with Crippen molar-refractivity contribution in [1.82, 2.24) is 37.2 Å². The van der Waals surface area contributed by atoms with E-state index < -0.39 is 0 Å². The maximum absolute atomic E-state index is 10.7. The number of carbonyl (C=O) groups is 7. The van der Waals surface area contributed by atoms with E-state index in [9.17, 15) is 33.6 Å². The van der Waals surface area contributed by atoms with Crippen LogP contribution in [-0.2, 0) is 52.5 Å². The zero-order valence-corrected chi connectivity index (χ0v) is 64.1. The third-order valence-electron chi connectivity index (χ3n) is 12.5. The standard InChI is InChI=1S/C14H29NO.2C9H19NO.2C8H17NO2.C7H15NO2.C7H16.C6H13NO.C6H14O/c1-3-4-5-6-7-8-9-10-11-12-13-15-14(2)16;2*1-3-5-6-7-8-10-9(11)4-2;2*1-3-6-11-7-5-9-8(10)4-2;1-3-5-10-6-4-8-7(2)9;1-3-5-7-6-4-2;1-3-4-5-7-6(2)8;1-3-5-7-6-4-2/h3-13H2,1-2H3,(H,15,16);2*3-8H2,1-2H3,(H,10,11);2*3-7H2,1-2H3,(H,9,10);3-6H2,1-2H3,(H,8,9);3-7H2,1-2H3;3-5H2,1-2H3,(H,7,8);3-6H2,1-2H3. The van der Waals surface area contributed by atoms with Gasteiger partial charge in [-0.2, -0.15) is 0 Å². The molecule has 0 saturated heterocycles. The van der Waals surface area contributed by atoms with Crippen LogP contribution in [0, 0.1) is 0 Å². The van der Waals surface area contributed by atoms with Gasteiger partial charge in [0.15, 0.2) is 0 Å². The number of hydrogen-bond donors (Lipinski definition) is 7. The van der Waals surface area contributed by atoms with Crippen LogP contribution in [0.4, 0.5) is 0 Å². The lowest BCUT2D eigenvalue weighted by Crippen LogP contribution is -2.26. The molecule has 7 amide bonds. The first-order valence-corrected chi connectivity index (χ1v) is 37.5. The number of carbonyl (C=O) groups excluding carboxylic acids is 7. The number of hydrogen-bond acceptors (Lipinski definition) is 11. The van der Waals surface area contributed by atoms with Gasteiger partial charge in [0.2, 0.25) is 41.4 Å². The predicted octanol–water partition coefficient (Wildman–Crippen LogP) is 16.4. The summed E-state index contributed by atoms with van der Waals surface area (Å²) in [6.45, 7) is 47.0. The summed E-state index contributed by atoms with van der Waals surface area (Å²) in [4.78, 5) is 73.9. The molecule has 0 aromatic rings. The van der Waals surface area contributed by atoms with Crippen molar-refractivity contribution in [3.63, 3.8) is 0 Å². The Morgan fingerprint density at radius 1 is 0.196 bits per heavy atom. The molecular formula is C74H159N7O11. The van der Waals surface area contributed by atoms with Gasteiger partial charge < -0.3 is 56.2 Å². The first kappa shape index (κ1) is 107. The monoisotopic (exact) mass is 1320 g/mol. The van der Waals surface area contributed by atoms with Crippen molar-refractivity contribution in [3.05, 3.63) is 0 Å². The number of nitrogens with one attached hydrogen (secondary N) is 7. The maximum Gasteiger partial charge on any atom is 0.219 e. The zero-order valence-electron chi connectivity index (χ0n) is 64.1.